The summed E-state index contributed by atoms with van der Waals surface area (Å²) in [6.45, 7) is 6.04. The van der Waals surface area contributed by atoms with Crippen LogP contribution in [0.15, 0.2) is 21.9 Å². The lowest BCUT2D eigenvalue weighted by Gasteiger charge is -2.04. The van der Waals surface area contributed by atoms with Crippen molar-refractivity contribution < 1.29 is 0 Å². The molecule has 0 aliphatic heterocycles. The fraction of sp³-hybridized carbons (Fsp3) is 0.538. The summed E-state index contributed by atoms with van der Waals surface area (Å²) >= 11 is 0. The van der Waals surface area contributed by atoms with Gasteiger partial charge in [-0.25, -0.2) is 4.79 Å². The van der Waals surface area contributed by atoms with Gasteiger partial charge in [-0.3, -0.25) is 9.78 Å². The first-order chi connectivity index (χ1) is 8.13. The van der Waals surface area contributed by atoms with E-state index in [0.717, 1.165) is 6.42 Å². The standard InChI is InChI=1S/C10H15N3O2.C2H6.CH4/c1-7(11-2)4-3-5-8-6-12-10(15)13-9(8)14;1-2;/h3,5-7,11H,4H2,1-2H3,(H2,12,13,14,15);1-2H3;1H4/b5-3+;;. The molecule has 5 nitrogen and oxygen atoms in total. The van der Waals surface area contributed by atoms with Crippen molar-refractivity contribution in [2.24, 2.45) is 0 Å². The topological polar surface area (TPSA) is 77.8 Å². The third kappa shape index (κ3) is 6.85. The third-order valence-electron chi connectivity index (χ3n) is 2.13. The van der Waals surface area contributed by atoms with E-state index in [0.29, 0.717) is 11.6 Å². The predicted molar refractivity (Wildman–Crippen MR) is 77.9 cm³/mol. The van der Waals surface area contributed by atoms with E-state index in [2.05, 4.69) is 15.3 Å². The molecule has 5 heteroatoms. The monoisotopic (exact) mass is 255 g/mol. The van der Waals surface area contributed by atoms with Crippen LogP contribution in [-0.2, 0) is 0 Å². The van der Waals surface area contributed by atoms with Gasteiger partial charge in [0, 0.05) is 12.2 Å². The Morgan fingerprint density at radius 2 is 2.00 bits per heavy atom. The van der Waals surface area contributed by atoms with Crippen molar-refractivity contribution in [1.82, 2.24) is 15.3 Å². The van der Waals surface area contributed by atoms with E-state index in [9.17, 15) is 9.59 Å². The van der Waals surface area contributed by atoms with Gasteiger partial charge in [-0.15, -0.1) is 0 Å². The van der Waals surface area contributed by atoms with Gasteiger partial charge in [-0.05, 0) is 20.4 Å². The molecule has 0 aliphatic carbocycles. The van der Waals surface area contributed by atoms with Crippen LogP contribution < -0.4 is 16.6 Å². The van der Waals surface area contributed by atoms with Crippen LogP contribution in [0.1, 0.15) is 40.2 Å². The molecule has 1 unspecified atom stereocenters. The Morgan fingerprint density at radius 3 is 2.50 bits per heavy atom. The molecule has 1 aromatic heterocycles. The van der Waals surface area contributed by atoms with Gasteiger partial charge in [0.05, 0.1) is 5.56 Å². The number of aromatic amines is 2. The number of nitrogens with one attached hydrogen (secondary N) is 3. The van der Waals surface area contributed by atoms with E-state index >= 15 is 0 Å². The molecule has 3 N–H and O–H groups in total. The number of H-pyrrole nitrogens is 2. The Hall–Kier alpha value is -1.62. The average Bonchev–Trinajstić information content (AvgIpc) is 2.34. The van der Waals surface area contributed by atoms with Gasteiger partial charge in [-0.1, -0.05) is 33.4 Å². The van der Waals surface area contributed by atoms with E-state index < -0.39 is 5.69 Å². The molecule has 0 bridgehead atoms. The SMILES string of the molecule is C.CC.CNC(C)C/C=C/c1c[nH]c(=O)[nH]c1=O. The lowest BCUT2D eigenvalue weighted by Crippen LogP contribution is -2.23. The smallest absolute Gasteiger partial charge is 0.317 e. The first kappa shape index (κ1) is 18.7. The molecule has 18 heavy (non-hydrogen) atoms. The highest BCUT2D eigenvalue weighted by molar-refractivity contribution is 5.45. The zero-order chi connectivity index (χ0) is 13.3. The van der Waals surface area contributed by atoms with E-state index in [1.807, 2.05) is 33.9 Å². The van der Waals surface area contributed by atoms with Gasteiger partial charge >= 0.3 is 5.69 Å². The molecule has 0 radical (unpaired) electrons. The maximum absolute atomic E-state index is 11.2. The van der Waals surface area contributed by atoms with E-state index in [4.69, 9.17) is 0 Å². The zero-order valence-electron chi connectivity index (χ0n) is 10.8. The van der Waals surface area contributed by atoms with Crippen LogP contribution in [0.2, 0.25) is 0 Å². The molecule has 0 aliphatic rings. The van der Waals surface area contributed by atoms with Crippen molar-refractivity contribution in [1.29, 1.82) is 0 Å². The second-order valence-corrected chi connectivity index (χ2v) is 3.36. The first-order valence-corrected chi connectivity index (χ1v) is 5.79. The molecule has 1 aromatic rings. The fourth-order valence-electron chi connectivity index (χ4n) is 1.06. The van der Waals surface area contributed by atoms with Crippen molar-refractivity contribution >= 4 is 6.08 Å². The quantitative estimate of drug-likeness (QED) is 0.767. The maximum atomic E-state index is 11.2. The fourth-order valence-corrected chi connectivity index (χ4v) is 1.06. The van der Waals surface area contributed by atoms with Crippen molar-refractivity contribution in [3.05, 3.63) is 38.7 Å². The van der Waals surface area contributed by atoms with Crippen molar-refractivity contribution in [3.63, 3.8) is 0 Å². The molecule has 104 valence electrons. The van der Waals surface area contributed by atoms with Gasteiger partial charge < -0.3 is 10.3 Å². The number of aromatic nitrogens is 2. The van der Waals surface area contributed by atoms with Crippen LogP contribution in [0.3, 0.4) is 0 Å². The lowest BCUT2D eigenvalue weighted by molar-refractivity contribution is 0.621. The van der Waals surface area contributed by atoms with Crippen LogP contribution in [0.5, 0.6) is 0 Å². The summed E-state index contributed by atoms with van der Waals surface area (Å²) in [5.41, 5.74) is -0.397. The Balaban J connectivity index is 0. The molecular weight excluding hydrogens is 230 g/mol. The summed E-state index contributed by atoms with van der Waals surface area (Å²) in [7, 11) is 1.88. The molecule has 1 atom stereocenters. The second kappa shape index (κ2) is 10.5. The van der Waals surface area contributed by atoms with Crippen LogP contribution in [0, 0.1) is 0 Å². The van der Waals surface area contributed by atoms with Crippen molar-refractivity contribution in [2.45, 2.75) is 40.7 Å². The molecule has 1 heterocycles. The minimum atomic E-state index is -0.485. The van der Waals surface area contributed by atoms with E-state index in [1.54, 1.807) is 6.08 Å². The van der Waals surface area contributed by atoms with Crippen LogP contribution >= 0.6 is 0 Å². The summed E-state index contributed by atoms with van der Waals surface area (Å²) in [4.78, 5) is 26.5. The summed E-state index contributed by atoms with van der Waals surface area (Å²) < 4.78 is 0. The van der Waals surface area contributed by atoms with Gasteiger partial charge in [0.2, 0.25) is 0 Å². The second-order valence-electron chi connectivity index (χ2n) is 3.36. The van der Waals surface area contributed by atoms with Gasteiger partial charge in [0.15, 0.2) is 0 Å². The van der Waals surface area contributed by atoms with Crippen LogP contribution in [-0.4, -0.2) is 23.1 Å². The molecule has 0 spiro atoms. The number of hydrogen-bond donors (Lipinski definition) is 3. The molecular formula is C13H25N3O2. The minimum absolute atomic E-state index is 0. The van der Waals surface area contributed by atoms with Gasteiger partial charge in [-0.2, -0.15) is 0 Å². The molecule has 0 saturated heterocycles. The molecule has 1 rings (SSSR count). The molecule has 0 fully saturated rings. The summed E-state index contributed by atoms with van der Waals surface area (Å²) in [6.07, 6.45) is 5.82. The van der Waals surface area contributed by atoms with Crippen molar-refractivity contribution in [2.75, 3.05) is 7.05 Å². The number of rotatable bonds is 4. The molecule has 0 amide bonds. The highest BCUT2D eigenvalue weighted by Crippen LogP contribution is 1.95. The van der Waals surface area contributed by atoms with E-state index in [-0.39, 0.29) is 13.0 Å². The maximum Gasteiger partial charge on any atom is 0.325 e. The third-order valence-corrected chi connectivity index (χ3v) is 2.13. The Bertz CT molecular complexity index is 446. The Kier molecular flexibility index (Phi) is 11.0. The Labute approximate surface area is 108 Å². The molecule has 0 saturated carbocycles. The molecule has 0 aromatic carbocycles. The lowest BCUT2D eigenvalue weighted by atomic mass is 10.2. The highest BCUT2D eigenvalue weighted by Gasteiger charge is 1.96. The summed E-state index contributed by atoms with van der Waals surface area (Å²) in [6, 6.07) is 0.364. The zero-order valence-corrected chi connectivity index (χ0v) is 10.8. The average molecular weight is 255 g/mol. The minimum Gasteiger partial charge on any atom is -0.317 e. The van der Waals surface area contributed by atoms with Crippen LogP contribution in [0.4, 0.5) is 0 Å². The summed E-state index contributed by atoms with van der Waals surface area (Å²) in [5.74, 6) is 0. The predicted octanol–water partition coefficient (Wildman–Crippen LogP) is 1.74. The van der Waals surface area contributed by atoms with Crippen LogP contribution in [0.25, 0.3) is 6.08 Å². The Morgan fingerprint density at radius 1 is 1.39 bits per heavy atom. The van der Waals surface area contributed by atoms with E-state index in [1.165, 1.54) is 6.20 Å². The van der Waals surface area contributed by atoms with Gasteiger partial charge in [0.1, 0.15) is 0 Å². The van der Waals surface area contributed by atoms with Gasteiger partial charge in [0.25, 0.3) is 5.56 Å². The number of hydrogen-bond acceptors (Lipinski definition) is 3. The highest BCUT2D eigenvalue weighted by atomic mass is 16.2. The summed E-state index contributed by atoms with van der Waals surface area (Å²) in [5, 5.41) is 3.08. The largest absolute Gasteiger partial charge is 0.325 e. The van der Waals surface area contributed by atoms with Crippen molar-refractivity contribution in [3.8, 4) is 0 Å². The normalized spacial score (nSPS) is 11.3. The first-order valence-electron chi connectivity index (χ1n) is 5.79.